The minimum Gasteiger partial charge on any atom is -0.462 e. The van der Waals surface area contributed by atoms with Crippen LogP contribution in [-0.2, 0) is 14.3 Å². The minimum atomic E-state index is -3.06. The second-order valence-corrected chi connectivity index (χ2v) is 10.2. The molecular weight excluding hydrogens is 414 g/mol. The van der Waals surface area contributed by atoms with E-state index in [-0.39, 0.29) is 31.2 Å². The Morgan fingerprint density at radius 2 is 1.69 bits per heavy atom. The molecule has 2 saturated carbocycles. The van der Waals surface area contributed by atoms with E-state index >= 15 is 0 Å². The number of unbranched alkanes of at least 4 members (excludes halogenated alkanes) is 2. The van der Waals surface area contributed by atoms with Crippen molar-refractivity contribution >= 4 is 5.97 Å². The number of hydrogen-bond acceptors (Lipinski definition) is 4. The van der Waals surface area contributed by atoms with Gasteiger partial charge in [0.15, 0.2) is 0 Å². The van der Waals surface area contributed by atoms with Gasteiger partial charge in [-0.2, -0.15) is 8.78 Å². The molecule has 1 unspecified atom stereocenters. The van der Waals surface area contributed by atoms with Gasteiger partial charge in [0.1, 0.15) is 0 Å². The van der Waals surface area contributed by atoms with Crippen LogP contribution in [0.3, 0.4) is 0 Å². The highest BCUT2D eigenvalue weighted by molar-refractivity contribution is 5.86. The van der Waals surface area contributed by atoms with Gasteiger partial charge in [0.05, 0.1) is 18.6 Å². The number of carbonyl (C=O) groups is 1. The Balaban J connectivity index is 1.70. The lowest BCUT2D eigenvalue weighted by molar-refractivity contribution is -0.302. The van der Waals surface area contributed by atoms with Gasteiger partial charge in [0.25, 0.3) is 0 Å². The maximum atomic E-state index is 14.9. The van der Waals surface area contributed by atoms with Gasteiger partial charge in [-0.25, -0.2) is 4.79 Å². The maximum Gasteiger partial charge on any atom is 0.358 e. The second-order valence-electron chi connectivity index (χ2n) is 10.2. The van der Waals surface area contributed by atoms with Crippen molar-refractivity contribution in [3.05, 3.63) is 12.2 Å². The van der Waals surface area contributed by atoms with Crippen molar-refractivity contribution in [2.45, 2.75) is 110 Å². The Labute approximate surface area is 193 Å². The highest BCUT2D eigenvalue weighted by Crippen LogP contribution is 2.43. The van der Waals surface area contributed by atoms with Crippen LogP contribution in [0.4, 0.5) is 8.78 Å². The molecule has 0 bridgehead atoms. The summed E-state index contributed by atoms with van der Waals surface area (Å²) in [6, 6.07) is 0. The number of carbonyl (C=O) groups excluding carboxylic acids is 1. The zero-order valence-electron chi connectivity index (χ0n) is 20.1. The molecule has 0 aliphatic heterocycles. The van der Waals surface area contributed by atoms with Gasteiger partial charge >= 0.3 is 12.1 Å². The van der Waals surface area contributed by atoms with Crippen molar-refractivity contribution in [1.29, 1.82) is 0 Å². The number of aliphatic hydroxyl groups excluding tert-OH is 1. The highest BCUT2D eigenvalue weighted by Gasteiger charge is 2.45. The number of halogens is 2. The summed E-state index contributed by atoms with van der Waals surface area (Å²) in [7, 11) is 0. The number of alkyl halides is 2. The van der Waals surface area contributed by atoms with Crippen molar-refractivity contribution in [3.8, 4) is 0 Å². The summed E-state index contributed by atoms with van der Waals surface area (Å²) < 4.78 is 40.2. The van der Waals surface area contributed by atoms with Gasteiger partial charge in [-0.05, 0) is 76.5 Å². The average molecular weight is 459 g/mol. The lowest BCUT2D eigenvalue weighted by Crippen LogP contribution is -2.39. The lowest BCUT2D eigenvalue weighted by atomic mass is 9.77. The van der Waals surface area contributed by atoms with Crippen molar-refractivity contribution in [2.75, 3.05) is 13.2 Å². The summed E-state index contributed by atoms with van der Waals surface area (Å²) in [6.07, 6.45) is 8.05. The summed E-state index contributed by atoms with van der Waals surface area (Å²) in [6.45, 7) is 7.39. The number of rotatable bonds is 13. The Kier molecular flexibility index (Phi) is 11.6. The molecule has 32 heavy (non-hydrogen) atoms. The first-order chi connectivity index (χ1) is 15.2. The summed E-state index contributed by atoms with van der Waals surface area (Å²) in [5.41, 5.74) is 0.328. The molecule has 0 aromatic heterocycles. The fraction of sp³-hybridized carbons (Fsp3) is 0.885. The van der Waals surface area contributed by atoms with Crippen LogP contribution in [0.2, 0.25) is 0 Å². The number of hydrogen-bond donors (Lipinski definition) is 1. The van der Waals surface area contributed by atoms with Crippen LogP contribution < -0.4 is 0 Å². The summed E-state index contributed by atoms with van der Waals surface area (Å²) >= 11 is 0. The molecule has 2 fully saturated rings. The third-order valence-corrected chi connectivity index (χ3v) is 7.38. The zero-order valence-corrected chi connectivity index (χ0v) is 20.1. The molecule has 0 amide bonds. The minimum absolute atomic E-state index is 0.0796. The molecule has 1 atom stereocenters. The van der Waals surface area contributed by atoms with Crippen molar-refractivity contribution in [3.63, 3.8) is 0 Å². The van der Waals surface area contributed by atoms with Gasteiger partial charge in [0.2, 0.25) is 0 Å². The van der Waals surface area contributed by atoms with Crippen molar-refractivity contribution < 1.29 is 28.2 Å². The Bertz CT molecular complexity index is 564. The molecule has 0 heterocycles. The monoisotopic (exact) mass is 458 g/mol. The number of aliphatic hydroxyl groups is 1. The van der Waals surface area contributed by atoms with Crippen molar-refractivity contribution in [1.82, 2.24) is 0 Å². The van der Waals surface area contributed by atoms with Gasteiger partial charge in [-0.1, -0.05) is 39.2 Å². The van der Waals surface area contributed by atoms with Crippen LogP contribution in [0.1, 0.15) is 97.3 Å². The highest BCUT2D eigenvalue weighted by atomic mass is 19.3. The maximum absolute atomic E-state index is 14.9. The molecule has 1 N–H and O–H groups in total. The zero-order chi connectivity index (χ0) is 23.6. The van der Waals surface area contributed by atoms with Crippen LogP contribution in [0.5, 0.6) is 0 Å². The Hall–Kier alpha value is -1.01. The molecule has 0 radical (unpaired) electrons. The SMILES string of the molecule is C=C(C)C(=O)OCC(CO)CC1CCC(C(F)(F)OC2CCC(CCCCC)CC2)CC1. The van der Waals surface area contributed by atoms with E-state index in [2.05, 4.69) is 13.5 Å². The van der Waals surface area contributed by atoms with Gasteiger partial charge in [-0.15, -0.1) is 0 Å². The standard InChI is InChI=1S/C26H44F2O4/c1-4-5-6-7-20-10-14-24(15-11-20)32-26(27,28)23-12-8-21(9-13-23)16-22(17-29)18-31-25(30)19(2)3/h20-24,29H,2,4-18H2,1,3H3. The van der Waals surface area contributed by atoms with E-state index in [0.29, 0.717) is 43.6 Å². The second kappa shape index (κ2) is 13.6. The molecule has 6 heteroatoms. The molecular formula is C26H44F2O4. The van der Waals surface area contributed by atoms with Crippen LogP contribution in [0.25, 0.3) is 0 Å². The topological polar surface area (TPSA) is 55.8 Å². The molecule has 0 spiro atoms. The largest absolute Gasteiger partial charge is 0.462 e. The van der Waals surface area contributed by atoms with Crippen LogP contribution in [0.15, 0.2) is 12.2 Å². The van der Waals surface area contributed by atoms with E-state index in [1.165, 1.54) is 25.7 Å². The van der Waals surface area contributed by atoms with Gasteiger partial charge < -0.3 is 14.6 Å². The predicted octanol–water partition coefficient (Wildman–Crippen LogP) is 6.66. The Morgan fingerprint density at radius 1 is 1.06 bits per heavy atom. The van der Waals surface area contributed by atoms with E-state index in [9.17, 15) is 18.7 Å². The third kappa shape index (κ3) is 9.09. The lowest BCUT2D eigenvalue weighted by Gasteiger charge is -2.37. The van der Waals surface area contributed by atoms with Gasteiger partial charge in [-0.3, -0.25) is 0 Å². The van der Waals surface area contributed by atoms with Crippen LogP contribution in [-0.4, -0.2) is 36.5 Å². The average Bonchev–Trinajstić information content (AvgIpc) is 2.77. The normalized spacial score (nSPS) is 27.7. The molecule has 0 saturated heterocycles. The smallest absolute Gasteiger partial charge is 0.358 e. The first-order valence-corrected chi connectivity index (χ1v) is 12.7. The Morgan fingerprint density at radius 3 is 2.25 bits per heavy atom. The third-order valence-electron chi connectivity index (χ3n) is 7.38. The predicted molar refractivity (Wildman–Crippen MR) is 122 cm³/mol. The summed E-state index contributed by atoms with van der Waals surface area (Å²) in [5, 5.41) is 9.60. The van der Waals surface area contributed by atoms with Crippen molar-refractivity contribution in [2.24, 2.45) is 23.7 Å². The number of esters is 1. The van der Waals surface area contributed by atoms with Crippen LogP contribution in [0, 0.1) is 23.7 Å². The quantitative estimate of drug-likeness (QED) is 0.190. The molecule has 0 aromatic rings. The first-order valence-electron chi connectivity index (χ1n) is 12.7. The molecule has 2 rings (SSSR count). The van der Waals surface area contributed by atoms with Crippen LogP contribution >= 0.6 is 0 Å². The molecule has 4 nitrogen and oxygen atoms in total. The molecule has 2 aliphatic rings. The van der Waals surface area contributed by atoms with Gasteiger partial charge in [0, 0.05) is 18.1 Å². The summed E-state index contributed by atoms with van der Waals surface area (Å²) in [5.74, 6) is -0.404. The molecule has 2 aliphatic carbocycles. The number of ether oxygens (including phenoxy) is 2. The first kappa shape index (κ1) is 27.2. The molecule has 0 aromatic carbocycles. The fourth-order valence-corrected chi connectivity index (χ4v) is 5.26. The van der Waals surface area contributed by atoms with E-state index in [0.717, 1.165) is 25.7 Å². The fourth-order valence-electron chi connectivity index (χ4n) is 5.26. The van der Waals surface area contributed by atoms with E-state index in [1.807, 2.05) is 0 Å². The van der Waals surface area contributed by atoms with E-state index in [4.69, 9.17) is 9.47 Å². The van der Waals surface area contributed by atoms with E-state index < -0.39 is 18.0 Å². The summed E-state index contributed by atoms with van der Waals surface area (Å²) in [4.78, 5) is 11.5. The van der Waals surface area contributed by atoms with E-state index in [1.54, 1.807) is 6.92 Å². The molecule has 186 valence electrons.